The highest BCUT2D eigenvalue weighted by atomic mass is 35.5. The minimum absolute atomic E-state index is 0.0162. The minimum atomic E-state index is -0.903. The number of imide groups is 1. The number of hydrogen-bond acceptors (Lipinski definition) is 3. The predicted octanol–water partition coefficient (Wildman–Crippen LogP) is 2.15. The third-order valence-electron chi connectivity index (χ3n) is 1.82. The van der Waals surface area contributed by atoms with Gasteiger partial charge in [0, 0.05) is 4.90 Å². The van der Waals surface area contributed by atoms with Gasteiger partial charge in [-0.05, 0) is 25.1 Å². The van der Waals surface area contributed by atoms with Gasteiger partial charge in [0.05, 0.1) is 10.3 Å². The monoisotopic (exact) mass is 276 g/mol. The lowest BCUT2D eigenvalue weighted by Gasteiger charge is -2.10. The molecule has 0 radical (unpaired) electrons. The van der Waals surface area contributed by atoms with Gasteiger partial charge in [0.1, 0.15) is 5.82 Å². The van der Waals surface area contributed by atoms with Crippen molar-refractivity contribution in [1.29, 1.82) is 0 Å². The Morgan fingerprint density at radius 1 is 1.53 bits per heavy atom. The molecular formula is C10H10ClFN2O2S. The molecule has 17 heavy (non-hydrogen) atoms. The lowest BCUT2D eigenvalue weighted by molar-refractivity contribution is -0.119. The number of rotatable bonds is 3. The van der Waals surface area contributed by atoms with E-state index in [1.54, 1.807) is 6.92 Å². The SMILES string of the molecule is C[C@H](Sc1ccc(F)c(Cl)c1)C(=O)NC(N)=O. The predicted molar refractivity (Wildman–Crippen MR) is 64.5 cm³/mol. The Labute approximate surface area is 107 Å². The number of nitrogens with one attached hydrogen (secondary N) is 1. The molecule has 4 nitrogen and oxygen atoms in total. The van der Waals surface area contributed by atoms with Gasteiger partial charge in [0.25, 0.3) is 0 Å². The largest absolute Gasteiger partial charge is 0.351 e. The van der Waals surface area contributed by atoms with Gasteiger partial charge >= 0.3 is 6.03 Å². The van der Waals surface area contributed by atoms with E-state index < -0.39 is 23.0 Å². The molecular weight excluding hydrogens is 267 g/mol. The van der Waals surface area contributed by atoms with Crippen LogP contribution in [-0.4, -0.2) is 17.2 Å². The molecule has 0 aromatic heterocycles. The number of nitrogens with two attached hydrogens (primary N) is 1. The summed E-state index contributed by atoms with van der Waals surface area (Å²) in [6, 6.07) is 3.22. The van der Waals surface area contributed by atoms with Crippen LogP contribution in [0.25, 0.3) is 0 Å². The average molecular weight is 277 g/mol. The number of benzene rings is 1. The summed E-state index contributed by atoms with van der Waals surface area (Å²) in [6.45, 7) is 1.60. The van der Waals surface area contributed by atoms with Crippen LogP contribution in [0, 0.1) is 5.82 Å². The summed E-state index contributed by atoms with van der Waals surface area (Å²) in [4.78, 5) is 22.5. The maximum atomic E-state index is 12.9. The normalized spacial score (nSPS) is 11.9. The summed E-state index contributed by atoms with van der Waals surface area (Å²) in [6.07, 6.45) is 0. The van der Waals surface area contributed by atoms with Gasteiger partial charge in [-0.25, -0.2) is 9.18 Å². The molecule has 1 aromatic carbocycles. The molecule has 7 heteroatoms. The molecule has 3 amide bonds. The first kappa shape index (κ1) is 13.8. The highest BCUT2D eigenvalue weighted by molar-refractivity contribution is 8.00. The van der Waals surface area contributed by atoms with Crippen LogP contribution in [0.5, 0.6) is 0 Å². The van der Waals surface area contributed by atoms with Crippen molar-refractivity contribution >= 4 is 35.3 Å². The molecule has 1 rings (SSSR count). The van der Waals surface area contributed by atoms with Gasteiger partial charge in [-0.15, -0.1) is 11.8 Å². The van der Waals surface area contributed by atoms with E-state index >= 15 is 0 Å². The van der Waals surface area contributed by atoms with Crippen LogP contribution in [0.15, 0.2) is 23.1 Å². The quantitative estimate of drug-likeness (QED) is 0.831. The molecule has 0 aliphatic heterocycles. The van der Waals surface area contributed by atoms with Gasteiger partial charge in [0.2, 0.25) is 5.91 Å². The Balaban J connectivity index is 2.67. The molecule has 0 unspecified atom stereocenters. The minimum Gasteiger partial charge on any atom is -0.351 e. The summed E-state index contributed by atoms with van der Waals surface area (Å²) in [5, 5.41) is 1.41. The van der Waals surface area contributed by atoms with E-state index in [1.807, 2.05) is 5.32 Å². The van der Waals surface area contributed by atoms with Gasteiger partial charge in [-0.3, -0.25) is 10.1 Å². The zero-order chi connectivity index (χ0) is 13.0. The van der Waals surface area contributed by atoms with Crippen LogP contribution in [0.4, 0.5) is 9.18 Å². The van der Waals surface area contributed by atoms with Crippen LogP contribution >= 0.6 is 23.4 Å². The number of hydrogen-bond donors (Lipinski definition) is 2. The summed E-state index contributed by atoms with van der Waals surface area (Å²) in [5.74, 6) is -1.03. The fourth-order valence-electron chi connectivity index (χ4n) is 1.03. The van der Waals surface area contributed by atoms with Crippen molar-refractivity contribution < 1.29 is 14.0 Å². The number of amides is 3. The Kier molecular flexibility index (Phi) is 4.77. The fourth-order valence-corrected chi connectivity index (χ4v) is 2.18. The van der Waals surface area contributed by atoms with E-state index in [0.717, 1.165) is 11.8 Å². The summed E-state index contributed by atoms with van der Waals surface area (Å²) < 4.78 is 12.9. The molecule has 0 bridgehead atoms. The molecule has 0 heterocycles. The Bertz CT molecular complexity index is 456. The van der Waals surface area contributed by atoms with Crippen LogP contribution in [-0.2, 0) is 4.79 Å². The smallest absolute Gasteiger partial charge is 0.318 e. The van der Waals surface area contributed by atoms with Crippen molar-refractivity contribution in [3.8, 4) is 0 Å². The number of thioether (sulfide) groups is 1. The van der Waals surface area contributed by atoms with E-state index in [4.69, 9.17) is 17.3 Å². The van der Waals surface area contributed by atoms with Gasteiger partial charge in [0.15, 0.2) is 0 Å². The third-order valence-corrected chi connectivity index (χ3v) is 3.20. The number of urea groups is 1. The maximum Gasteiger partial charge on any atom is 0.318 e. The zero-order valence-electron chi connectivity index (χ0n) is 8.87. The highest BCUT2D eigenvalue weighted by Gasteiger charge is 2.16. The Morgan fingerprint density at radius 3 is 2.71 bits per heavy atom. The highest BCUT2D eigenvalue weighted by Crippen LogP contribution is 2.27. The molecule has 1 atom stereocenters. The number of carbonyl (C=O) groups is 2. The number of halogens is 2. The number of primary amides is 1. The first-order valence-electron chi connectivity index (χ1n) is 4.62. The van der Waals surface area contributed by atoms with Crippen LogP contribution < -0.4 is 11.1 Å². The van der Waals surface area contributed by atoms with Crippen molar-refractivity contribution in [3.05, 3.63) is 29.0 Å². The van der Waals surface area contributed by atoms with Crippen molar-refractivity contribution in [3.63, 3.8) is 0 Å². The van der Waals surface area contributed by atoms with Crippen molar-refractivity contribution in [2.75, 3.05) is 0 Å². The molecule has 0 saturated carbocycles. The maximum absolute atomic E-state index is 12.9. The lowest BCUT2D eigenvalue weighted by atomic mass is 10.3. The van der Waals surface area contributed by atoms with Crippen molar-refractivity contribution in [2.45, 2.75) is 17.1 Å². The zero-order valence-corrected chi connectivity index (χ0v) is 10.4. The summed E-state index contributed by atoms with van der Waals surface area (Å²) >= 11 is 6.74. The standard InChI is InChI=1S/C10H10ClFN2O2S/c1-5(9(15)14-10(13)16)17-6-2-3-8(12)7(11)4-6/h2-5H,1H3,(H3,13,14,15,16)/t5-/m0/s1. The molecule has 0 spiro atoms. The summed E-state index contributed by atoms with van der Waals surface area (Å²) in [7, 11) is 0. The molecule has 92 valence electrons. The van der Waals surface area contributed by atoms with Crippen LogP contribution in [0.3, 0.4) is 0 Å². The van der Waals surface area contributed by atoms with E-state index in [-0.39, 0.29) is 5.02 Å². The van der Waals surface area contributed by atoms with Gasteiger partial charge < -0.3 is 5.73 Å². The van der Waals surface area contributed by atoms with Gasteiger partial charge in [-0.2, -0.15) is 0 Å². The number of carbonyl (C=O) groups excluding carboxylic acids is 2. The van der Waals surface area contributed by atoms with Crippen LogP contribution in [0.1, 0.15) is 6.92 Å². The first-order valence-corrected chi connectivity index (χ1v) is 5.88. The summed E-state index contributed by atoms with van der Waals surface area (Å²) in [5.41, 5.74) is 4.82. The van der Waals surface area contributed by atoms with E-state index in [2.05, 4.69) is 0 Å². The molecule has 3 N–H and O–H groups in total. The van der Waals surface area contributed by atoms with Gasteiger partial charge in [-0.1, -0.05) is 11.6 Å². The second-order valence-electron chi connectivity index (χ2n) is 3.19. The Hall–Kier alpha value is -1.27. The van der Waals surface area contributed by atoms with Crippen LogP contribution in [0.2, 0.25) is 5.02 Å². The molecule has 0 saturated heterocycles. The Morgan fingerprint density at radius 2 is 2.18 bits per heavy atom. The fraction of sp³-hybridized carbons (Fsp3) is 0.200. The van der Waals surface area contributed by atoms with E-state index in [1.165, 1.54) is 18.2 Å². The topological polar surface area (TPSA) is 72.2 Å². The second-order valence-corrected chi connectivity index (χ2v) is 5.01. The molecule has 0 aliphatic rings. The second kappa shape index (κ2) is 5.88. The van der Waals surface area contributed by atoms with E-state index in [0.29, 0.717) is 4.90 Å². The average Bonchev–Trinajstić information content (AvgIpc) is 2.22. The van der Waals surface area contributed by atoms with Crippen molar-refractivity contribution in [1.82, 2.24) is 5.32 Å². The lowest BCUT2D eigenvalue weighted by Crippen LogP contribution is -2.39. The molecule has 0 aliphatic carbocycles. The third kappa shape index (κ3) is 4.24. The molecule has 0 fully saturated rings. The first-order chi connectivity index (χ1) is 7.90. The van der Waals surface area contributed by atoms with Crippen molar-refractivity contribution in [2.24, 2.45) is 5.73 Å². The van der Waals surface area contributed by atoms with E-state index in [9.17, 15) is 14.0 Å². The molecule has 1 aromatic rings.